The number of nitrogens with two attached hydrogens (primary N) is 1. The lowest BCUT2D eigenvalue weighted by Crippen LogP contribution is -2.56. The monoisotopic (exact) mass is 825 g/mol. The molecule has 0 aromatic heterocycles. The average Bonchev–Trinajstić information content (AvgIpc) is 3.20. The highest BCUT2D eigenvalue weighted by Gasteiger charge is 2.41. The van der Waals surface area contributed by atoms with Gasteiger partial charge in [-0.05, 0) is 81.0 Å². The van der Waals surface area contributed by atoms with Crippen LogP contribution in [0.3, 0.4) is 0 Å². The number of primary amides is 1. The Bertz CT molecular complexity index is 2020. The van der Waals surface area contributed by atoms with Crippen molar-refractivity contribution in [2.75, 3.05) is 23.3 Å². The number of nitrogens with one attached hydrogen (secondary N) is 5. The zero-order valence-corrected chi connectivity index (χ0v) is 31.4. The first-order chi connectivity index (χ1) is 28.0. The molecule has 0 saturated carbocycles. The molecule has 20 heteroatoms. The number of carbonyl (C=O) groups excluding carboxylic acids is 7. The number of alkyl halides is 3. The summed E-state index contributed by atoms with van der Waals surface area (Å²) >= 11 is 0. The van der Waals surface area contributed by atoms with E-state index in [0.717, 1.165) is 0 Å². The van der Waals surface area contributed by atoms with Gasteiger partial charge in [-0.25, -0.2) is 4.79 Å². The van der Waals surface area contributed by atoms with Crippen molar-refractivity contribution in [3.63, 3.8) is 0 Å². The van der Waals surface area contributed by atoms with Gasteiger partial charge in [0.1, 0.15) is 18.1 Å². The quantitative estimate of drug-likeness (QED) is 0.0974. The van der Waals surface area contributed by atoms with Crippen molar-refractivity contribution >= 4 is 58.8 Å². The fourth-order valence-corrected chi connectivity index (χ4v) is 5.94. The molecular formula is C39H42F3N7O10. The first-order valence-corrected chi connectivity index (χ1v) is 18.4. The van der Waals surface area contributed by atoms with Crippen LogP contribution in [0.4, 0.5) is 24.5 Å². The Morgan fingerprint density at radius 2 is 1.46 bits per heavy atom. The van der Waals surface area contributed by atoms with Gasteiger partial charge in [-0.1, -0.05) is 36.4 Å². The summed E-state index contributed by atoms with van der Waals surface area (Å²) in [6, 6.07) is 15.9. The Kier molecular flexibility index (Phi) is 16.0. The molecule has 17 nitrogen and oxygen atoms in total. The maximum absolute atomic E-state index is 14.3. The van der Waals surface area contributed by atoms with E-state index in [1.807, 2.05) is 5.48 Å². The summed E-state index contributed by atoms with van der Waals surface area (Å²) in [4.78, 5) is 109. The number of hydroxylamine groups is 1. The first kappa shape index (κ1) is 44.9. The Balaban J connectivity index is 1.72. The predicted octanol–water partition coefficient (Wildman–Crippen LogP) is 2.58. The number of unbranched alkanes of at least 4 members (excludes halogenated alkanes) is 1. The van der Waals surface area contributed by atoms with Gasteiger partial charge in [0.15, 0.2) is 0 Å². The number of halogens is 3. The molecule has 3 aromatic rings. The molecule has 1 heterocycles. The van der Waals surface area contributed by atoms with Crippen LogP contribution in [0.2, 0.25) is 0 Å². The van der Waals surface area contributed by atoms with Crippen molar-refractivity contribution < 1.29 is 61.5 Å². The molecule has 0 aliphatic carbocycles. The smallest absolute Gasteiger partial charge is 0.481 e. The predicted molar refractivity (Wildman–Crippen MR) is 203 cm³/mol. The van der Waals surface area contributed by atoms with Crippen LogP contribution in [0, 0.1) is 0 Å². The topological polar surface area (TPSA) is 255 Å². The van der Waals surface area contributed by atoms with Gasteiger partial charge in [-0.3, -0.25) is 33.6 Å². The molecule has 3 atom stereocenters. The zero-order valence-electron chi connectivity index (χ0n) is 31.4. The fourth-order valence-electron chi connectivity index (χ4n) is 5.94. The second-order valence-electron chi connectivity index (χ2n) is 13.3. The molecule has 1 aliphatic heterocycles. The van der Waals surface area contributed by atoms with Crippen LogP contribution < -0.4 is 37.4 Å². The number of carboxylic acids is 1. The average molecular weight is 826 g/mol. The summed E-state index contributed by atoms with van der Waals surface area (Å²) in [5, 5.41) is 19.6. The molecule has 3 aromatic carbocycles. The Morgan fingerprint density at radius 3 is 2.08 bits per heavy atom. The van der Waals surface area contributed by atoms with Crippen LogP contribution in [0.1, 0.15) is 76.0 Å². The number of amides is 6. The van der Waals surface area contributed by atoms with Crippen molar-refractivity contribution in [3.05, 3.63) is 95.6 Å². The van der Waals surface area contributed by atoms with E-state index in [1.165, 1.54) is 35.2 Å². The summed E-state index contributed by atoms with van der Waals surface area (Å²) in [5.74, 6) is -8.75. The van der Waals surface area contributed by atoms with E-state index in [-0.39, 0.29) is 67.7 Å². The number of aliphatic carboxylic acids is 1. The van der Waals surface area contributed by atoms with Crippen LogP contribution in [0.25, 0.3) is 0 Å². The zero-order chi connectivity index (χ0) is 43.1. The van der Waals surface area contributed by atoms with Crippen molar-refractivity contribution in [1.29, 1.82) is 0 Å². The lowest BCUT2D eigenvalue weighted by atomic mass is 10.0. The molecule has 6 amide bonds. The van der Waals surface area contributed by atoms with E-state index in [4.69, 9.17) is 5.73 Å². The van der Waals surface area contributed by atoms with E-state index in [2.05, 4.69) is 26.1 Å². The number of hydrogen-bond acceptors (Lipinski definition) is 10. The maximum Gasteiger partial charge on any atom is 0.492 e. The summed E-state index contributed by atoms with van der Waals surface area (Å²) in [5.41, 5.74) is 7.95. The molecule has 0 bridgehead atoms. The van der Waals surface area contributed by atoms with Crippen molar-refractivity contribution in [1.82, 2.24) is 21.4 Å². The summed E-state index contributed by atoms with van der Waals surface area (Å²) in [6.45, 7) is -0.422. The van der Waals surface area contributed by atoms with Gasteiger partial charge in [0.25, 0.3) is 17.7 Å². The molecule has 1 aliphatic rings. The molecule has 1 unspecified atom stereocenters. The third-order valence-corrected chi connectivity index (χ3v) is 8.95. The molecule has 0 fully saturated rings. The van der Waals surface area contributed by atoms with Crippen molar-refractivity contribution in [2.24, 2.45) is 5.73 Å². The molecule has 8 N–H and O–H groups in total. The van der Waals surface area contributed by atoms with Crippen LogP contribution in [-0.2, 0) is 28.8 Å². The van der Waals surface area contributed by atoms with Crippen LogP contribution in [0.5, 0.6) is 0 Å². The molecule has 314 valence electrons. The molecule has 0 radical (unpaired) electrons. The van der Waals surface area contributed by atoms with Gasteiger partial charge in [-0.15, -0.1) is 0 Å². The SMILES string of the molecule is NC(=O)C1CCCN(C(=O)c2ccccc2)c2ccc(NC(=O)c3ccccc3)cc2C(=O)N[C@@H](CCC(=O)O)C(=O)N[C@@H](CCCCNOC(=O)C(F)(F)F)C(=O)N1. The Hall–Kier alpha value is -6.83. The number of benzene rings is 3. The van der Waals surface area contributed by atoms with E-state index in [9.17, 15) is 56.6 Å². The molecule has 0 saturated heterocycles. The number of carboxylic acid groups (broad SMARTS) is 1. The van der Waals surface area contributed by atoms with Gasteiger partial charge in [-0.2, -0.15) is 18.7 Å². The van der Waals surface area contributed by atoms with Crippen molar-refractivity contribution in [3.8, 4) is 0 Å². The number of rotatable bonds is 13. The second kappa shape index (κ2) is 21.1. The van der Waals surface area contributed by atoms with Crippen molar-refractivity contribution in [2.45, 2.75) is 69.2 Å². The Morgan fingerprint density at radius 1 is 0.831 bits per heavy atom. The largest absolute Gasteiger partial charge is 0.492 e. The van der Waals surface area contributed by atoms with Gasteiger partial charge in [0, 0.05) is 36.3 Å². The second-order valence-corrected chi connectivity index (χ2v) is 13.3. The minimum absolute atomic E-state index is 0.0217. The molecule has 59 heavy (non-hydrogen) atoms. The van der Waals surface area contributed by atoms with Gasteiger partial charge in [0.05, 0.1) is 11.3 Å². The number of nitrogens with zero attached hydrogens (tertiary/aromatic N) is 1. The maximum atomic E-state index is 14.3. The fraction of sp³-hybridized carbons (Fsp3) is 0.333. The van der Waals surface area contributed by atoms with E-state index in [0.29, 0.717) is 5.56 Å². The number of anilines is 2. The third-order valence-electron chi connectivity index (χ3n) is 8.95. The van der Waals surface area contributed by atoms with Crippen LogP contribution >= 0.6 is 0 Å². The number of hydrogen-bond donors (Lipinski definition) is 7. The lowest BCUT2D eigenvalue weighted by Gasteiger charge is -2.27. The van der Waals surface area contributed by atoms with Gasteiger partial charge in [0.2, 0.25) is 17.7 Å². The van der Waals surface area contributed by atoms with E-state index >= 15 is 0 Å². The minimum atomic E-state index is -5.23. The number of fused-ring (bicyclic) bond motifs is 1. The highest BCUT2D eigenvalue weighted by atomic mass is 19.4. The van der Waals surface area contributed by atoms with Crippen LogP contribution in [-0.4, -0.2) is 89.9 Å². The minimum Gasteiger partial charge on any atom is -0.481 e. The number of carbonyl (C=O) groups is 8. The molecular weight excluding hydrogens is 783 g/mol. The summed E-state index contributed by atoms with van der Waals surface area (Å²) in [7, 11) is 0. The standard InChI is InChI=1S/C39H42F3N7O10/c40-39(41,42)38(58)59-44-20-8-7-14-28-35(55)46-27(32(43)52)15-9-21-49(37(57)24-12-5-2-6-13-24)30-18-16-25(45-33(53)23-10-3-1-4-11-23)22-26(30)34(54)47-29(36(56)48-28)17-19-31(50)51/h1-6,10-13,16,18,22,27-29,44H,7-9,14-15,17,19-21H2,(H2,43,52)(H,45,53)(H,46,55)(H,47,54)(H,48,56)(H,50,51)/t27?,28-,29-/m0/s1. The van der Waals surface area contributed by atoms with E-state index < -0.39 is 84.5 Å². The third kappa shape index (κ3) is 13.4. The van der Waals surface area contributed by atoms with Gasteiger partial charge >= 0.3 is 18.1 Å². The Labute approximate surface area is 335 Å². The highest BCUT2D eigenvalue weighted by Crippen LogP contribution is 2.28. The molecule has 4 rings (SSSR count). The highest BCUT2D eigenvalue weighted by molar-refractivity contribution is 6.12. The normalized spacial score (nSPS) is 17.8. The lowest BCUT2D eigenvalue weighted by molar-refractivity contribution is -0.206. The van der Waals surface area contributed by atoms with Crippen LogP contribution in [0.15, 0.2) is 78.9 Å². The van der Waals surface area contributed by atoms with E-state index in [1.54, 1.807) is 48.5 Å². The summed E-state index contributed by atoms with van der Waals surface area (Å²) in [6.07, 6.45) is -6.57. The van der Waals surface area contributed by atoms with Gasteiger partial charge < -0.3 is 41.8 Å². The summed E-state index contributed by atoms with van der Waals surface area (Å²) < 4.78 is 37.3. The first-order valence-electron chi connectivity index (χ1n) is 18.4. The molecule has 0 spiro atoms.